The summed E-state index contributed by atoms with van der Waals surface area (Å²) in [6.07, 6.45) is 1.66. The number of benzene rings is 1. The average Bonchev–Trinajstić information content (AvgIpc) is 2.48. The summed E-state index contributed by atoms with van der Waals surface area (Å²) in [7, 11) is 0. The van der Waals surface area contributed by atoms with Gasteiger partial charge in [-0.3, -0.25) is 4.79 Å². The Labute approximate surface area is 130 Å². The first-order valence-corrected chi connectivity index (χ1v) is 7.28. The van der Waals surface area contributed by atoms with Gasteiger partial charge in [-0.2, -0.15) is 0 Å². The second-order valence-corrected chi connectivity index (χ2v) is 6.16. The number of carbonyl (C=O) groups excluding carboxylic acids is 1. The lowest BCUT2D eigenvalue weighted by atomic mass is 9.87. The van der Waals surface area contributed by atoms with Gasteiger partial charge >= 0.3 is 0 Å². The number of ether oxygens (including phenoxy) is 1. The van der Waals surface area contributed by atoms with Gasteiger partial charge in [0.25, 0.3) is 5.88 Å². The quantitative estimate of drug-likeness (QED) is 0.754. The SMILES string of the molecule is CCC(=O)c1cnc(Oc2ccc(C(C)(C)C)cc2)c(F)c1. The number of pyridine rings is 1. The van der Waals surface area contributed by atoms with Crippen LogP contribution in [0.15, 0.2) is 36.5 Å². The Morgan fingerprint density at radius 3 is 2.36 bits per heavy atom. The summed E-state index contributed by atoms with van der Waals surface area (Å²) in [5.74, 6) is -0.406. The number of rotatable bonds is 4. The second-order valence-electron chi connectivity index (χ2n) is 6.16. The molecule has 0 aliphatic carbocycles. The van der Waals surface area contributed by atoms with E-state index >= 15 is 0 Å². The summed E-state index contributed by atoms with van der Waals surface area (Å²) < 4.78 is 19.4. The molecule has 0 unspecified atom stereocenters. The number of nitrogens with zero attached hydrogens (tertiary/aromatic N) is 1. The Bertz CT molecular complexity index is 672. The lowest BCUT2D eigenvalue weighted by Gasteiger charge is -2.19. The molecule has 1 aromatic carbocycles. The molecule has 2 aromatic rings. The molecule has 3 nitrogen and oxygen atoms in total. The van der Waals surface area contributed by atoms with E-state index in [2.05, 4.69) is 25.8 Å². The fraction of sp³-hybridized carbons (Fsp3) is 0.333. The first-order chi connectivity index (χ1) is 10.3. The second kappa shape index (κ2) is 6.26. The fourth-order valence-electron chi connectivity index (χ4n) is 1.99. The van der Waals surface area contributed by atoms with Crippen LogP contribution in [-0.4, -0.2) is 10.8 Å². The zero-order chi connectivity index (χ0) is 16.3. The predicted molar refractivity (Wildman–Crippen MR) is 84.0 cm³/mol. The Morgan fingerprint density at radius 2 is 1.86 bits per heavy atom. The number of ketones is 1. The Kier molecular flexibility index (Phi) is 4.59. The third kappa shape index (κ3) is 3.70. The minimum atomic E-state index is -0.640. The molecule has 116 valence electrons. The first kappa shape index (κ1) is 16.1. The molecule has 0 aliphatic rings. The molecule has 0 saturated carbocycles. The van der Waals surface area contributed by atoms with Gasteiger partial charge in [-0.15, -0.1) is 0 Å². The van der Waals surface area contributed by atoms with E-state index in [4.69, 9.17) is 4.74 Å². The standard InChI is InChI=1S/C18H20FNO2/c1-5-16(21)12-10-15(19)17(20-11-12)22-14-8-6-13(7-9-14)18(2,3)4/h6-11H,5H2,1-4H3. The van der Waals surface area contributed by atoms with Gasteiger partial charge in [0.2, 0.25) is 0 Å². The molecular formula is C18H20FNO2. The normalized spacial score (nSPS) is 11.3. The molecule has 4 heteroatoms. The smallest absolute Gasteiger partial charge is 0.255 e. The van der Waals surface area contributed by atoms with Crippen molar-refractivity contribution in [2.24, 2.45) is 0 Å². The first-order valence-electron chi connectivity index (χ1n) is 7.28. The van der Waals surface area contributed by atoms with Crippen molar-refractivity contribution in [1.29, 1.82) is 0 Å². The van der Waals surface area contributed by atoms with Gasteiger partial charge in [0, 0.05) is 18.2 Å². The van der Waals surface area contributed by atoms with E-state index < -0.39 is 5.82 Å². The van der Waals surface area contributed by atoms with Crippen molar-refractivity contribution >= 4 is 5.78 Å². The van der Waals surface area contributed by atoms with E-state index in [9.17, 15) is 9.18 Å². The summed E-state index contributed by atoms with van der Waals surface area (Å²) in [5, 5.41) is 0. The van der Waals surface area contributed by atoms with E-state index in [0.29, 0.717) is 12.2 Å². The maximum atomic E-state index is 14.0. The van der Waals surface area contributed by atoms with E-state index in [-0.39, 0.29) is 22.6 Å². The highest BCUT2D eigenvalue weighted by atomic mass is 19.1. The zero-order valence-corrected chi connectivity index (χ0v) is 13.3. The molecule has 0 radical (unpaired) electrons. The topological polar surface area (TPSA) is 39.2 Å². The molecule has 0 spiro atoms. The van der Waals surface area contributed by atoms with Crippen molar-refractivity contribution in [2.45, 2.75) is 39.5 Å². The number of halogens is 1. The number of aromatic nitrogens is 1. The molecule has 0 amide bonds. The van der Waals surface area contributed by atoms with Crippen molar-refractivity contribution < 1.29 is 13.9 Å². The molecule has 22 heavy (non-hydrogen) atoms. The summed E-state index contributed by atoms with van der Waals surface area (Å²) in [5.41, 5.74) is 1.47. The number of carbonyl (C=O) groups is 1. The van der Waals surface area contributed by atoms with Crippen molar-refractivity contribution in [2.75, 3.05) is 0 Å². The maximum absolute atomic E-state index is 14.0. The van der Waals surface area contributed by atoms with Crippen LogP contribution in [0.1, 0.15) is 50.0 Å². The van der Waals surface area contributed by atoms with E-state index in [1.165, 1.54) is 6.20 Å². The van der Waals surface area contributed by atoms with E-state index in [1.54, 1.807) is 19.1 Å². The fourth-order valence-corrected chi connectivity index (χ4v) is 1.99. The van der Waals surface area contributed by atoms with Gasteiger partial charge in [-0.05, 0) is 29.2 Å². The van der Waals surface area contributed by atoms with Gasteiger partial charge in [0.1, 0.15) is 5.75 Å². The minimum absolute atomic E-state index is 0.0458. The Morgan fingerprint density at radius 1 is 1.23 bits per heavy atom. The van der Waals surface area contributed by atoms with Gasteiger partial charge in [-0.1, -0.05) is 39.8 Å². The van der Waals surface area contributed by atoms with Crippen LogP contribution in [0.4, 0.5) is 4.39 Å². The van der Waals surface area contributed by atoms with Crippen LogP contribution in [0, 0.1) is 5.82 Å². The lowest BCUT2D eigenvalue weighted by molar-refractivity contribution is 0.0987. The van der Waals surface area contributed by atoms with Gasteiger partial charge < -0.3 is 4.74 Å². The highest BCUT2D eigenvalue weighted by Gasteiger charge is 2.14. The summed E-state index contributed by atoms with van der Waals surface area (Å²) in [6.45, 7) is 8.08. The Hall–Kier alpha value is -2.23. The number of hydrogen-bond donors (Lipinski definition) is 0. The van der Waals surface area contributed by atoms with Crippen LogP contribution >= 0.6 is 0 Å². The predicted octanol–water partition coefficient (Wildman–Crippen LogP) is 4.90. The number of hydrogen-bond acceptors (Lipinski definition) is 3. The van der Waals surface area contributed by atoms with Gasteiger partial charge in [0.15, 0.2) is 11.6 Å². The molecule has 0 N–H and O–H groups in total. The molecule has 1 heterocycles. The van der Waals surface area contributed by atoms with Crippen molar-refractivity contribution in [1.82, 2.24) is 4.98 Å². The van der Waals surface area contributed by atoms with Crippen LogP contribution in [-0.2, 0) is 5.41 Å². The lowest BCUT2D eigenvalue weighted by Crippen LogP contribution is -2.10. The summed E-state index contributed by atoms with van der Waals surface area (Å²) >= 11 is 0. The van der Waals surface area contributed by atoms with Crippen LogP contribution < -0.4 is 4.74 Å². The molecule has 0 fully saturated rings. The molecule has 0 bridgehead atoms. The third-order valence-electron chi connectivity index (χ3n) is 3.39. The summed E-state index contributed by atoms with van der Waals surface area (Å²) in [4.78, 5) is 15.4. The van der Waals surface area contributed by atoms with Crippen LogP contribution in [0.3, 0.4) is 0 Å². The minimum Gasteiger partial charge on any atom is -0.436 e. The highest BCUT2D eigenvalue weighted by Crippen LogP contribution is 2.27. The van der Waals surface area contributed by atoms with Gasteiger partial charge in [0.05, 0.1) is 0 Å². The largest absolute Gasteiger partial charge is 0.436 e. The zero-order valence-electron chi connectivity index (χ0n) is 13.3. The summed E-state index contributed by atoms with van der Waals surface area (Å²) in [6, 6.07) is 8.63. The van der Waals surface area contributed by atoms with Crippen molar-refractivity contribution in [3.63, 3.8) is 0 Å². The maximum Gasteiger partial charge on any atom is 0.255 e. The molecule has 0 saturated heterocycles. The van der Waals surface area contributed by atoms with Crippen molar-refractivity contribution in [3.8, 4) is 11.6 Å². The van der Waals surface area contributed by atoms with Crippen LogP contribution in [0.5, 0.6) is 11.6 Å². The molecular weight excluding hydrogens is 281 g/mol. The van der Waals surface area contributed by atoms with Gasteiger partial charge in [-0.25, -0.2) is 9.37 Å². The highest BCUT2D eigenvalue weighted by molar-refractivity contribution is 5.95. The monoisotopic (exact) mass is 301 g/mol. The Balaban J connectivity index is 2.19. The molecule has 2 rings (SSSR count). The third-order valence-corrected chi connectivity index (χ3v) is 3.39. The van der Waals surface area contributed by atoms with E-state index in [1.807, 2.05) is 12.1 Å². The van der Waals surface area contributed by atoms with Crippen LogP contribution in [0.25, 0.3) is 0 Å². The molecule has 0 aliphatic heterocycles. The average molecular weight is 301 g/mol. The molecule has 1 aromatic heterocycles. The van der Waals surface area contributed by atoms with Crippen molar-refractivity contribution in [3.05, 3.63) is 53.5 Å². The van der Waals surface area contributed by atoms with Crippen LogP contribution in [0.2, 0.25) is 0 Å². The van der Waals surface area contributed by atoms with E-state index in [0.717, 1.165) is 11.6 Å². The molecule has 0 atom stereocenters. The number of Topliss-reactive ketones (excluding diaryl/α,β-unsaturated/α-hetero) is 1.